The summed E-state index contributed by atoms with van der Waals surface area (Å²) in [5.41, 5.74) is 8.68. The highest BCUT2D eigenvalue weighted by molar-refractivity contribution is 5.17. The Bertz CT molecular complexity index is 480. The molecule has 1 aromatic carbocycles. The fourth-order valence-electron chi connectivity index (χ4n) is 2.74. The molecule has 2 aromatic rings. The molecule has 1 aliphatic heterocycles. The molecule has 0 saturated carbocycles. The number of nitrogens with zero attached hydrogens (tertiary/aromatic N) is 2. The van der Waals surface area contributed by atoms with Gasteiger partial charge in [-0.25, -0.2) is 0 Å². The van der Waals surface area contributed by atoms with Gasteiger partial charge < -0.3 is 5.73 Å². The summed E-state index contributed by atoms with van der Waals surface area (Å²) in [6.07, 6.45) is 2.83. The van der Waals surface area contributed by atoms with Gasteiger partial charge in [-0.3, -0.25) is 10.00 Å². The third kappa shape index (κ3) is 2.17. The number of benzene rings is 1. The zero-order valence-electron chi connectivity index (χ0n) is 10.3. The van der Waals surface area contributed by atoms with Crippen LogP contribution in [0, 0.1) is 0 Å². The van der Waals surface area contributed by atoms with E-state index in [1.807, 2.05) is 12.1 Å². The number of H-pyrrole nitrogens is 1. The van der Waals surface area contributed by atoms with E-state index < -0.39 is 0 Å². The number of likely N-dealkylation sites (tertiary alicyclic amines) is 1. The van der Waals surface area contributed by atoms with Gasteiger partial charge >= 0.3 is 0 Å². The molecule has 18 heavy (non-hydrogen) atoms. The second-order valence-corrected chi connectivity index (χ2v) is 4.87. The minimum atomic E-state index is 0.189. The summed E-state index contributed by atoms with van der Waals surface area (Å²) in [7, 11) is 0. The molecule has 3 N–H and O–H groups in total. The third-order valence-electron chi connectivity index (χ3n) is 3.62. The Morgan fingerprint density at radius 2 is 2.11 bits per heavy atom. The van der Waals surface area contributed by atoms with E-state index in [-0.39, 0.29) is 12.1 Å². The summed E-state index contributed by atoms with van der Waals surface area (Å²) in [5, 5.41) is 7.09. The SMILES string of the molecule is N[C@@H]1CCN(Cc2ccccc2)[C@H]1c1ccn[nH]1. The smallest absolute Gasteiger partial charge is 0.0671 e. The normalized spacial score (nSPS) is 24.5. The number of aromatic amines is 1. The molecule has 0 unspecified atom stereocenters. The molecule has 0 aliphatic carbocycles. The minimum Gasteiger partial charge on any atom is -0.326 e. The Labute approximate surface area is 107 Å². The summed E-state index contributed by atoms with van der Waals surface area (Å²) in [5.74, 6) is 0. The first kappa shape index (κ1) is 11.4. The van der Waals surface area contributed by atoms with Crippen molar-refractivity contribution in [1.29, 1.82) is 0 Å². The molecule has 1 aliphatic rings. The summed E-state index contributed by atoms with van der Waals surface area (Å²) in [6, 6.07) is 13.0. The second kappa shape index (κ2) is 4.92. The largest absolute Gasteiger partial charge is 0.326 e. The molecule has 0 spiro atoms. The van der Waals surface area contributed by atoms with Gasteiger partial charge in [0.15, 0.2) is 0 Å². The molecule has 1 saturated heterocycles. The van der Waals surface area contributed by atoms with Crippen LogP contribution < -0.4 is 5.73 Å². The Balaban J connectivity index is 1.79. The van der Waals surface area contributed by atoms with Gasteiger partial charge in [0, 0.05) is 25.3 Å². The molecule has 1 aromatic heterocycles. The summed E-state index contributed by atoms with van der Waals surface area (Å²) >= 11 is 0. The van der Waals surface area contributed by atoms with Crippen molar-refractivity contribution in [2.45, 2.75) is 25.0 Å². The lowest BCUT2D eigenvalue weighted by molar-refractivity contribution is 0.235. The molecule has 2 heterocycles. The number of hydrogen-bond acceptors (Lipinski definition) is 3. The maximum Gasteiger partial charge on any atom is 0.0671 e. The van der Waals surface area contributed by atoms with Crippen LogP contribution in [0.1, 0.15) is 23.7 Å². The molecular formula is C14H18N4. The molecule has 1 fully saturated rings. The monoisotopic (exact) mass is 242 g/mol. The lowest BCUT2D eigenvalue weighted by Crippen LogP contribution is -2.31. The van der Waals surface area contributed by atoms with Crippen LogP contribution in [0.3, 0.4) is 0 Å². The molecule has 2 atom stereocenters. The molecule has 4 nitrogen and oxygen atoms in total. The zero-order valence-corrected chi connectivity index (χ0v) is 10.3. The van der Waals surface area contributed by atoms with Crippen molar-refractivity contribution >= 4 is 0 Å². The van der Waals surface area contributed by atoms with Crippen LogP contribution in [0.15, 0.2) is 42.6 Å². The van der Waals surface area contributed by atoms with E-state index >= 15 is 0 Å². The topological polar surface area (TPSA) is 57.9 Å². The molecule has 4 heteroatoms. The zero-order chi connectivity index (χ0) is 12.4. The maximum absolute atomic E-state index is 6.22. The van der Waals surface area contributed by atoms with E-state index in [9.17, 15) is 0 Å². The van der Waals surface area contributed by atoms with Gasteiger partial charge in [-0.15, -0.1) is 0 Å². The van der Waals surface area contributed by atoms with Crippen molar-refractivity contribution in [2.75, 3.05) is 6.54 Å². The van der Waals surface area contributed by atoms with Crippen LogP contribution in [-0.2, 0) is 6.54 Å². The first-order valence-electron chi connectivity index (χ1n) is 6.37. The lowest BCUT2D eigenvalue weighted by Gasteiger charge is -2.25. The highest BCUT2D eigenvalue weighted by atomic mass is 15.2. The van der Waals surface area contributed by atoms with E-state index in [2.05, 4.69) is 39.4 Å². The van der Waals surface area contributed by atoms with Crippen molar-refractivity contribution in [3.63, 3.8) is 0 Å². The first-order valence-corrected chi connectivity index (χ1v) is 6.37. The minimum absolute atomic E-state index is 0.189. The van der Waals surface area contributed by atoms with Crippen LogP contribution in [0.4, 0.5) is 0 Å². The number of rotatable bonds is 3. The number of nitrogens with two attached hydrogens (primary N) is 1. The predicted molar refractivity (Wildman–Crippen MR) is 70.8 cm³/mol. The van der Waals surface area contributed by atoms with Gasteiger partial charge in [-0.1, -0.05) is 30.3 Å². The highest BCUT2D eigenvalue weighted by Crippen LogP contribution is 2.31. The average molecular weight is 242 g/mol. The standard InChI is InChI=1S/C14H18N4/c15-12-7-9-18(10-11-4-2-1-3-5-11)14(12)13-6-8-16-17-13/h1-6,8,12,14H,7,9-10,15H2,(H,16,17)/t12-,14-/m1/s1. The van der Waals surface area contributed by atoms with Gasteiger partial charge in [0.25, 0.3) is 0 Å². The van der Waals surface area contributed by atoms with Crippen LogP contribution in [0.25, 0.3) is 0 Å². The fourth-order valence-corrected chi connectivity index (χ4v) is 2.74. The number of nitrogens with one attached hydrogen (secondary N) is 1. The van der Waals surface area contributed by atoms with E-state index in [1.54, 1.807) is 6.20 Å². The van der Waals surface area contributed by atoms with Gasteiger partial charge in [0.1, 0.15) is 0 Å². The van der Waals surface area contributed by atoms with Gasteiger partial charge in [0.05, 0.1) is 11.7 Å². The number of hydrogen-bond donors (Lipinski definition) is 2. The summed E-state index contributed by atoms with van der Waals surface area (Å²) < 4.78 is 0. The van der Waals surface area contributed by atoms with Crippen molar-refractivity contribution < 1.29 is 0 Å². The molecule has 3 rings (SSSR count). The molecule has 0 radical (unpaired) electrons. The van der Waals surface area contributed by atoms with Crippen LogP contribution >= 0.6 is 0 Å². The number of aromatic nitrogens is 2. The Morgan fingerprint density at radius 1 is 1.28 bits per heavy atom. The van der Waals surface area contributed by atoms with E-state index in [1.165, 1.54) is 5.56 Å². The quantitative estimate of drug-likeness (QED) is 0.861. The first-order chi connectivity index (χ1) is 8.84. The maximum atomic E-state index is 6.22. The van der Waals surface area contributed by atoms with E-state index in [4.69, 9.17) is 5.73 Å². The molecule has 94 valence electrons. The van der Waals surface area contributed by atoms with Crippen LogP contribution in [0.5, 0.6) is 0 Å². The third-order valence-corrected chi connectivity index (χ3v) is 3.62. The van der Waals surface area contributed by atoms with Crippen LogP contribution in [-0.4, -0.2) is 27.7 Å². The highest BCUT2D eigenvalue weighted by Gasteiger charge is 2.33. The van der Waals surface area contributed by atoms with Gasteiger partial charge in [-0.2, -0.15) is 5.10 Å². The van der Waals surface area contributed by atoms with Gasteiger partial charge in [0.2, 0.25) is 0 Å². The lowest BCUT2D eigenvalue weighted by atomic mass is 10.1. The summed E-state index contributed by atoms with van der Waals surface area (Å²) in [4.78, 5) is 2.42. The van der Waals surface area contributed by atoms with Crippen molar-refractivity contribution in [2.24, 2.45) is 5.73 Å². The van der Waals surface area contributed by atoms with Crippen molar-refractivity contribution in [3.05, 3.63) is 53.9 Å². The molecular weight excluding hydrogens is 224 g/mol. The van der Waals surface area contributed by atoms with Crippen LogP contribution in [0.2, 0.25) is 0 Å². The van der Waals surface area contributed by atoms with Crippen molar-refractivity contribution in [3.8, 4) is 0 Å². The Kier molecular flexibility index (Phi) is 3.13. The average Bonchev–Trinajstić information content (AvgIpc) is 3.01. The Hall–Kier alpha value is -1.65. The Morgan fingerprint density at radius 3 is 2.83 bits per heavy atom. The molecule has 0 bridgehead atoms. The van der Waals surface area contributed by atoms with Crippen molar-refractivity contribution in [1.82, 2.24) is 15.1 Å². The van der Waals surface area contributed by atoms with E-state index in [0.29, 0.717) is 0 Å². The predicted octanol–water partition coefficient (Wildman–Crippen LogP) is 1.68. The summed E-state index contributed by atoms with van der Waals surface area (Å²) in [6.45, 7) is 1.98. The van der Waals surface area contributed by atoms with Gasteiger partial charge in [-0.05, 0) is 18.1 Å². The fraction of sp³-hybridized carbons (Fsp3) is 0.357. The van der Waals surface area contributed by atoms with E-state index in [0.717, 1.165) is 25.2 Å². The second-order valence-electron chi connectivity index (χ2n) is 4.87. The molecule has 0 amide bonds.